The number of anilines is 1. The maximum atomic E-state index is 13.0. The molecule has 31 heavy (non-hydrogen) atoms. The molecule has 2 fully saturated rings. The summed E-state index contributed by atoms with van der Waals surface area (Å²) < 4.78 is 1.74. The van der Waals surface area contributed by atoms with Crippen LogP contribution in [0.5, 0.6) is 0 Å². The Morgan fingerprint density at radius 2 is 1.77 bits per heavy atom. The third-order valence-electron chi connectivity index (χ3n) is 6.45. The fraction of sp³-hybridized carbons (Fsp3) is 0.391. The predicted octanol–water partition coefficient (Wildman–Crippen LogP) is 2.15. The van der Waals surface area contributed by atoms with E-state index in [1.54, 1.807) is 27.7 Å². The zero-order valence-electron chi connectivity index (χ0n) is 16.9. The van der Waals surface area contributed by atoms with Gasteiger partial charge in [0.25, 0.3) is 11.5 Å². The highest BCUT2D eigenvalue weighted by molar-refractivity contribution is 5.97. The largest absolute Gasteiger partial charge is 0.478 e. The van der Waals surface area contributed by atoms with Crippen molar-refractivity contribution in [2.24, 2.45) is 11.8 Å². The fourth-order valence-corrected chi connectivity index (χ4v) is 4.75. The van der Waals surface area contributed by atoms with Crippen LogP contribution in [-0.4, -0.2) is 45.4 Å². The van der Waals surface area contributed by atoms with E-state index in [-0.39, 0.29) is 40.7 Å². The second-order valence-corrected chi connectivity index (χ2v) is 8.75. The van der Waals surface area contributed by atoms with Crippen LogP contribution in [-0.2, 0) is 11.3 Å². The number of carboxylic acids is 1. The fourth-order valence-electron chi connectivity index (χ4n) is 4.75. The van der Waals surface area contributed by atoms with Crippen molar-refractivity contribution in [2.45, 2.75) is 31.7 Å². The van der Waals surface area contributed by atoms with Crippen molar-refractivity contribution < 1.29 is 19.5 Å². The van der Waals surface area contributed by atoms with Crippen LogP contribution in [0.4, 0.5) is 5.69 Å². The van der Waals surface area contributed by atoms with E-state index in [4.69, 9.17) is 0 Å². The number of hydrogen-bond donors (Lipinski definition) is 2. The number of aromatic carboxylic acids is 1. The van der Waals surface area contributed by atoms with Crippen molar-refractivity contribution in [1.29, 1.82) is 0 Å². The number of aromatic nitrogens is 1. The van der Waals surface area contributed by atoms with Crippen LogP contribution in [0.15, 0.2) is 41.2 Å². The highest BCUT2D eigenvalue weighted by Gasteiger charge is 2.37. The number of carboxylic acid groups (broad SMARTS) is 1. The lowest BCUT2D eigenvalue weighted by atomic mass is 9.83. The van der Waals surface area contributed by atoms with Crippen LogP contribution >= 0.6 is 0 Å². The predicted molar refractivity (Wildman–Crippen MR) is 112 cm³/mol. The number of likely N-dealkylation sites (tertiary alicyclic amines) is 1. The van der Waals surface area contributed by atoms with Gasteiger partial charge in [-0.25, -0.2) is 4.79 Å². The smallest absolute Gasteiger partial charge is 0.335 e. The van der Waals surface area contributed by atoms with Gasteiger partial charge in [0.05, 0.1) is 5.56 Å². The first kappa shape index (κ1) is 19.5. The van der Waals surface area contributed by atoms with Gasteiger partial charge in [-0.2, -0.15) is 0 Å². The average molecular weight is 421 g/mol. The van der Waals surface area contributed by atoms with E-state index in [0.29, 0.717) is 30.9 Å². The van der Waals surface area contributed by atoms with Gasteiger partial charge < -0.3 is 19.9 Å². The number of carbonyl (C=O) groups excluding carboxylic acids is 2. The van der Waals surface area contributed by atoms with Crippen molar-refractivity contribution in [2.75, 3.05) is 18.4 Å². The van der Waals surface area contributed by atoms with Crippen LogP contribution in [0.2, 0.25) is 0 Å². The number of nitrogens with one attached hydrogen (secondary N) is 1. The number of nitrogens with zero attached hydrogens (tertiary/aromatic N) is 2. The Morgan fingerprint density at radius 3 is 2.52 bits per heavy atom. The summed E-state index contributed by atoms with van der Waals surface area (Å²) in [7, 11) is 0. The molecule has 2 aliphatic heterocycles. The molecule has 1 aromatic heterocycles. The lowest BCUT2D eigenvalue weighted by molar-refractivity contribution is -0.117. The first-order valence-corrected chi connectivity index (χ1v) is 10.6. The Morgan fingerprint density at radius 1 is 1.00 bits per heavy atom. The minimum absolute atomic E-state index is 0.0269. The van der Waals surface area contributed by atoms with Gasteiger partial charge in [0.1, 0.15) is 5.69 Å². The second-order valence-electron chi connectivity index (χ2n) is 8.75. The third-order valence-corrected chi connectivity index (χ3v) is 6.45. The molecule has 3 aliphatic rings. The molecule has 2 N–H and O–H groups in total. The van der Waals surface area contributed by atoms with Crippen LogP contribution in [0, 0.1) is 11.8 Å². The summed E-state index contributed by atoms with van der Waals surface area (Å²) >= 11 is 0. The van der Waals surface area contributed by atoms with E-state index in [0.717, 1.165) is 25.0 Å². The van der Waals surface area contributed by atoms with Crippen LogP contribution in [0.25, 0.3) is 0 Å². The molecule has 1 saturated carbocycles. The summed E-state index contributed by atoms with van der Waals surface area (Å²) in [5, 5.41) is 12.0. The SMILES string of the molecule is O=C(O)c1cccc(C(=O)N2C[C@H]3C[C@H](C2)c2ccc(NC(=O)C4CC4)c(=O)n2C3)c1. The number of rotatable bonds is 4. The minimum Gasteiger partial charge on any atom is -0.478 e. The van der Waals surface area contributed by atoms with Gasteiger partial charge in [-0.15, -0.1) is 0 Å². The van der Waals surface area contributed by atoms with E-state index in [2.05, 4.69) is 5.32 Å². The Bertz CT molecular complexity index is 1150. The molecule has 5 rings (SSSR count). The van der Waals surface area contributed by atoms with Gasteiger partial charge in [-0.05, 0) is 55.5 Å². The molecule has 8 heteroatoms. The Balaban J connectivity index is 1.38. The van der Waals surface area contributed by atoms with Crippen LogP contribution < -0.4 is 10.9 Å². The number of carbonyl (C=O) groups is 3. The first-order chi connectivity index (χ1) is 14.9. The summed E-state index contributed by atoms with van der Waals surface area (Å²) in [5.41, 5.74) is 1.45. The zero-order valence-corrected chi connectivity index (χ0v) is 16.9. The lowest BCUT2D eigenvalue weighted by Crippen LogP contribution is -2.49. The molecule has 2 bridgehead atoms. The molecule has 2 aromatic rings. The molecule has 1 aromatic carbocycles. The summed E-state index contributed by atoms with van der Waals surface area (Å²) in [6.45, 7) is 1.48. The first-order valence-electron chi connectivity index (χ1n) is 10.6. The molecule has 0 radical (unpaired) electrons. The molecule has 2 amide bonds. The standard InChI is InChI=1S/C23H23N3O5/c27-20(14-4-5-14)24-18-6-7-19-17-8-13(11-26(19)22(18)29)10-25(12-17)21(28)15-2-1-3-16(9-15)23(30)31/h1-3,6-7,9,13-14,17H,4-5,8,10-12H2,(H,24,27)(H,30,31)/t13-,17-/m1/s1. The molecule has 1 aliphatic carbocycles. The topological polar surface area (TPSA) is 109 Å². The molecule has 0 spiro atoms. The number of amides is 2. The van der Waals surface area contributed by atoms with Gasteiger partial charge in [0.2, 0.25) is 5.91 Å². The van der Waals surface area contributed by atoms with Crippen molar-refractivity contribution in [3.05, 3.63) is 63.6 Å². The number of piperidine rings is 1. The van der Waals surface area contributed by atoms with E-state index in [9.17, 15) is 24.3 Å². The van der Waals surface area contributed by atoms with Gasteiger partial charge in [0, 0.05) is 42.7 Å². The van der Waals surface area contributed by atoms with E-state index >= 15 is 0 Å². The number of pyridine rings is 1. The molecular weight excluding hydrogens is 398 g/mol. The maximum Gasteiger partial charge on any atom is 0.335 e. The summed E-state index contributed by atoms with van der Waals surface area (Å²) in [6, 6.07) is 9.63. The second kappa shape index (κ2) is 7.37. The van der Waals surface area contributed by atoms with E-state index < -0.39 is 5.97 Å². The third kappa shape index (κ3) is 3.62. The number of hydrogen-bond acceptors (Lipinski definition) is 4. The van der Waals surface area contributed by atoms with Crippen molar-refractivity contribution in [3.8, 4) is 0 Å². The van der Waals surface area contributed by atoms with E-state index in [1.165, 1.54) is 12.1 Å². The molecule has 1 saturated heterocycles. The van der Waals surface area contributed by atoms with Gasteiger partial charge in [-0.3, -0.25) is 14.4 Å². The Kier molecular flexibility index (Phi) is 4.64. The summed E-state index contributed by atoms with van der Waals surface area (Å²) in [5.74, 6) is -1.16. The van der Waals surface area contributed by atoms with Gasteiger partial charge >= 0.3 is 5.97 Å². The highest BCUT2D eigenvalue weighted by atomic mass is 16.4. The van der Waals surface area contributed by atoms with E-state index in [1.807, 2.05) is 6.07 Å². The minimum atomic E-state index is -1.07. The molecular formula is C23H23N3O5. The van der Waals surface area contributed by atoms with Crippen molar-refractivity contribution in [3.63, 3.8) is 0 Å². The molecule has 0 unspecified atom stereocenters. The molecule has 2 atom stereocenters. The zero-order chi connectivity index (χ0) is 21.7. The van der Waals surface area contributed by atoms with Crippen molar-refractivity contribution >= 4 is 23.5 Å². The summed E-state index contributed by atoms with van der Waals surface area (Å²) in [4.78, 5) is 51.1. The quantitative estimate of drug-likeness (QED) is 0.786. The molecule has 8 nitrogen and oxygen atoms in total. The highest BCUT2D eigenvalue weighted by Crippen LogP contribution is 2.36. The molecule has 3 heterocycles. The lowest BCUT2D eigenvalue weighted by Gasteiger charge is -2.43. The van der Waals surface area contributed by atoms with Crippen molar-refractivity contribution in [1.82, 2.24) is 9.47 Å². The Labute approximate surface area is 178 Å². The van der Waals surface area contributed by atoms with Crippen LogP contribution in [0.1, 0.15) is 51.6 Å². The number of benzene rings is 1. The van der Waals surface area contributed by atoms with Crippen LogP contribution in [0.3, 0.4) is 0 Å². The van der Waals surface area contributed by atoms with Gasteiger partial charge in [-0.1, -0.05) is 6.07 Å². The van der Waals surface area contributed by atoms with Gasteiger partial charge in [0.15, 0.2) is 0 Å². The maximum absolute atomic E-state index is 13.0. The Hall–Kier alpha value is -3.42. The average Bonchev–Trinajstić information content (AvgIpc) is 3.61. The monoisotopic (exact) mass is 421 g/mol. The number of fused-ring (bicyclic) bond motifs is 4. The normalized spacial score (nSPS) is 21.9. The molecule has 160 valence electrons. The summed E-state index contributed by atoms with van der Waals surface area (Å²) in [6.07, 6.45) is 2.65.